The molecule has 1 aliphatic rings. The number of hydrogen-bond acceptors (Lipinski definition) is 6. The molecular weight excluding hydrogens is 426 g/mol. The first-order valence-electron chi connectivity index (χ1n) is 10.9. The highest BCUT2D eigenvalue weighted by Crippen LogP contribution is 2.22. The van der Waals surface area contributed by atoms with Crippen molar-refractivity contribution in [2.75, 3.05) is 23.7 Å². The van der Waals surface area contributed by atoms with E-state index in [9.17, 15) is 14.4 Å². The minimum atomic E-state index is -0.575. The second kappa shape index (κ2) is 8.82. The van der Waals surface area contributed by atoms with Gasteiger partial charge in [0.15, 0.2) is 5.78 Å². The molecule has 9 heteroatoms. The van der Waals surface area contributed by atoms with Crippen molar-refractivity contribution in [2.45, 2.75) is 46.2 Å². The van der Waals surface area contributed by atoms with Crippen molar-refractivity contribution in [1.82, 2.24) is 13.7 Å². The summed E-state index contributed by atoms with van der Waals surface area (Å²) in [6.45, 7) is 5.67. The Morgan fingerprint density at radius 1 is 1.12 bits per heavy atom. The van der Waals surface area contributed by atoms with Crippen LogP contribution in [0.25, 0.3) is 0 Å². The molecule has 0 bridgehead atoms. The number of hydrogen-bond donors (Lipinski definition) is 1. The minimum Gasteiger partial charge on any atom is -0.383 e. The Hall–Kier alpha value is -3.07. The minimum absolute atomic E-state index is 0.153. The van der Waals surface area contributed by atoms with Crippen LogP contribution in [0, 0.1) is 13.8 Å². The number of carbonyl (C=O) groups excluding carboxylic acids is 1. The summed E-state index contributed by atoms with van der Waals surface area (Å²) in [6, 6.07) is 5.90. The predicted molar refractivity (Wildman–Crippen MR) is 128 cm³/mol. The number of carbonyl (C=O) groups is 1. The first-order chi connectivity index (χ1) is 15.3. The number of nitrogens with two attached hydrogens (primary N) is 1. The van der Waals surface area contributed by atoms with E-state index in [1.54, 1.807) is 18.4 Å². The Labute approximate surface area is 190 Å². The van der Waals surface area contributed by atoms with Gasteiger partial charge in [-0.2, -0.15) is 0 Å². The molecule has 1 aliphatic heterocycles. The Morgan fingerprint density at radius 2 is 1.84 bits per heavy atom. The van der Waals surface area contributed by atoms with Gasteiger partial charge < -0.3 is 15.2 Å². The molecule has 0 atom stereocenters. The van der Waals surface area contributed by atoms with E-state index in [2.05, 4.69) is 10.6 Å². The third kappa shape index (κ3) is 3.92. The van der Waals surface area contributed by atoms with Crippen LogP contribution in [-0.4, -0.2) is 32.6 Å². The molecule has 3 aromatic rings. The number of piperidine rings is 1. The van der Waals surface area contributed by atoms with Gasteiger partial charge in [-0.1, -0.05) is 6.07 Å². The Kier molecular flexibility index (Phi) is 6.10. The van der Waals surface area contributed by atoms with Crippen molar-refractivity contribution in [1.29, 1.82) is 0 Å². The molecule has 3 aromatic heterocycles. The molecule has 1 saturated heterocycles. The zero-order valence-corrected chi connectivity index (χ0v) is 19.6. The van der Waals surface area contributed by atoms with Gasteiger partial charge in [-0.15, -0.1) is 11.3 Å². The molecule has 170 valence electrons. The monoisotopic (exact) mass is 455 g/mol. The Balaban J connectivity index is 1.69. The maximum Gasteiger partial charge on any atom is 0.332 e. The van der Waals surface area contributed by atoms with Crippen LogP contribution in [0.5, 0.6) is 0 Å². The maximum atomic E-state index is 13.3. The Morgan fingerprint density at radius 3 is 2.50 bits per heavy atom. The van der Waals surface area contributed by atoms with Gasteiger partial charge in [-0.05, 0) is 50.6 Å². The topological polar surface area (TPSA) is 95.3 Å². The number of nitrogen functional groups attached to an aromatic ring is 1. The molecule has 0 aliphatic carbocycles. The van der Waals surface area contributed by atoms with Crippen LogP contribution in [0.1, 0.15) is 45.9 Å². The van der Waals surface area contributed by atoms with Gasteiger partial charge in [0, 0.05) is 42.0 Å². The first-order valence-corrected chi connectivity index (χ1v) is 11.7. The lowest BCUT2D eigenvalue weighted by atomic mass is 10.1. The SMILES string of the molecule is Cc1cc(C(=O)Cn2c(=O)c(N3CCCCC3)c(N)n(C)c2=O)c(C)n1Cc1cccs1. The molecule has 1 fully saturated rings. The lowest BCUT2D eigenvalue weighted by Gasteiger charge is -2.29. The quantitative estimate of drug-likeness (QED) is 0.577. The predicted octanol–water partition coefficient (Wildman–Crippen LogP) is 2.53. The molecule has 0 unspecified atom stereocenters. The smallest absolute Gasteiger partial charge is 0.332 e. The molecule has 32 heavy (non-hydrogen) atoms. The molecule has 0 saturated carbocycles. The van der Waals surface area contributed by atoms with Crippen LogP contribution in [0.3, 0.4) is 0 Å². The second-order valence-corrected chi connectivity index (χ2v) is 9.42. The molecular formula is C23H29N5O3S. The van der Waals surface area contributed by atoms with Gasteiger partial charge in [0.05, 0.1) is 13.1 Å². The average Bonchev–Trinajstić information content (AvgIpc) is 3.40. The summed E-state index contributed by atoms with van der Waals surface area (Å²) in [5.41, 5.74) is 7.74. The van der Waals surface area contributed by atoms with Gasteiger partial charge in [0.1, 0.15) is 11.5 Å². The van der Waals surface area contributed by atoms with Crippen LogP contribution in [-0.2, 0) is 20.1 Å². The van der Waals surface area contributed by atoms with Gasteiger partial charge >= 0.3 is 5.69 Å². The number of nitrogens with zero attached hydrogens (tertiary/aromatic N) is 4. The van der Waals surface area contributed by atoms with Crippen LogP contribution < -0.4 is 21.9 Å². The highest BCUT2D eigenvalue weighted by atomic mass is 32.1. The van der Waals surface area contributed by atoms with Crippen molar-refractivity contribution in [3.63, 3.8) is 0 Å². The van der Waals surface area contributed by atoms with Crippen LogP contribution in [0.15, 0.2) is 33.2 Å². The molecule has 0 amide bonds. The van der Waals surface area contributed by atoms with E-state index in [-0.39, 0.29) is 18.1 Å². The average molecular weight is 456 g/mol. The van der Waals surface area contributed by atoms with Crippen molar-refractivity contribution in [3.05, 3.63) is 66.2 Å². The zero-order valence-electron chi connectivity index (χ0n) is 18.8. The lowest BCUT2D eigenvalue weighted by Crippen LogP contribution is -2.46. The largest absolute Gasteiger partial charge is 0.383 e. The van der Waals surface area contributed by atoms with E-state index in [1.165, 1.54) is 9.44 Å². The van der Waals surface area contributed by atoms with Gasteiger partial charge in [-0.3, -0.25) is 18.7 Å². The lowest BCUT2D eigenvalue weighted by molar-refractivity contribution is 0.0968. The number of aryl methyl sites for hydroxylation is 1. The summed E-state index contributed by atoms with van der Waals surface area (Å²) in [5.74, 6) is -0.108. The first kappa shape index (κ1) is 22.1. The maximum absolute atomic E-state index is 13.3. The van der Waals surface area contributed by atoms with Crippen LogP contribution in [0.4, 0.5) is 11.5 Å². The third-order valence-electron chi connectivity index (χ3n) is 6.31. The van der Waals surface area contributed by atoms with Crippen molar-refractivity contribution in [3.8, 4) is 0 Å². The zero-order chi connectivity index (χ0) is 23.0. The van der Waals surface area contributed by atoms with E-state index in [0.29, 0.717) is 17.8 Å². The number of anilines is 2. The number of aromatic nitrogens is 3. The molecule has 0 spiro atoms. The normalized spacial score (nSPS) is 14.2. The third-order valence-corrected chi connectivity index (χ3v) is 7.17. The fraction of sp³-hybridized carbons (Fsp3) is 0.435. The van der Waals surface area contributed by atoms with Gasteiger partial charge in [0.25, 0.3) is 5.56 Å². The number of rotatable bonds is 6. The van der Waals surface area contributed by atoms with Crippen LogP contribution >= 0.6 is 11.3 Å². The summed E-state index contributed by atoms with van der Waals surface area (Å²) in [5, 5.41) is 2.03. The Bertz CT molecular complexity index is 1260. The highest BCUT2D eigenvalue weighted by Gasteiger charge is 2.24. The second-order valence-electron chi connectivity index (χ2n) is 8.39. The van der Waals surface area contributed by atoms with E-state index in [0.717, 1.165) is 48.3 Å². The summed E-state index contributed by atoms with van der Waals surface area (Å²) >= 11 is 1.67. The fourth-order valence-corrected chi connectivity index (χ4v) is 5.13. The van der Waals surface area contributed by atoms with Crippen molar-refractivity contribution >= 4 is 28.6 Å². The fourth-order valence-electron chi connectivity index (χ4n) is 4.44. The van der Waals surface area contributed by atoms with Crippen molar-refractivity contribution in [2.24, 2.45) is 7.05 Å². The molecule has 8 nitrogen and oxygen atoms in total. The molecule has 0 aromatic carbocycles. The van der Waals surface area contributed by atoms with Gasteiger partial charge in [0.2, 0.25) is 0 Å². The number of Topliss-reactive ketones (excluding diaryl/α,β-unsaturated/α-hetero) is 1. The molecule has 4 rings (SSSR count). The highest BCUT2D eigenvalue weighted by molar-refractivity contribution is 7.09. The van der Waals surface area contributed by atoms with E-state index < -0.39 is 11.2 Å². The van der Waals surface area contributed by atoms with Crippen molar-refractivity contribution < 1.29 is 4.79 Å². The summed E-state index contributed by atoms with van der Waals surface area (Å²) < 4.78 is 4.37. The van der Waals surface area contributed by atoms with E-state index >= 15 is 0 Å². The van der Waals surface area contributed by atoms with Gasteiger partial charge in [-0.25, -0.2) is 4.79 Å². The number of ketones is 1. The molecule has 2 N–H and O–H groups in total. The molecule has 0 radical (unpaired) electrons. The summed E-state index contributed by atoms with van der Waals surface area (Å²) in [6.07, 6.45) is 3.05. The van der Waals surface area contributed by atoms with E-state index in [4.69, 9.17) is 5.73 Å². The molecule has 4 heterocycles. The van der Waals surface area contributed by atoms with Crippen LogP contribution in [0.2, 0.25) is 0 Å². The van der Waals surface area contributed by atoms with E-state index in [1.807, 2.05) is 36.3 Å². The number of thiophene rings is 1. The standard InChI is InChI=1S/C23H29N5O3S/c1-15-12-18(16(2)27(15)13-17-8-7-11-32-17)19(29)14-28-22(30)20(21(24)25(3)23(28)31)26-9-5-4-6-10-26/h7-8,11-12H,4-6,9-10,13-14,24H2,1-3H3. The summed E-state index contributed by atoms with van der Waals surface area (Å²) in [7, 11) is 1.54. The summed E-state index contributed by atoms with van der Waals surface area (Å²) in [4.78, 5) is 42.5.